The number of nitrogens with two attached hydrogens (primary N) is 2. The fraction of sp³-hybridized carbons (Fsp3) is 0.263. The van der Waals surface area contributed by atoms with Crippen LogP contribution in [-0.2, 0) is 15.4 Å². The van der Waals surface area contributed by atoms with Crippen LogP contribution in [0, 0.1) is 6.92 Å². The Kier molecular flexibility index (Phi) is 5.33. The monoisotopic (exact) mass is 389 g/mol. The maximum atomic E-state index is 12.9. The van der Waals surface area contributed by atoms with Crippen molar-refractivity contribution in [3.05, 3.63) is 58.7 Å². The summed E-state index contributed by atoms with van der Waals surface area (Å²) in [5, 5.41) is 0. The van der Waals surface area contributed by atoms with Crippen molar-refractivity contribution in [2.75, 3.05) is 4.72 Å². The molecule has 2 aromatic rings. The molecule has 2 amide bonds. The zero-order valence-electron chi connectivity index (χ0n) is 15.7. The molecule has 7 nitrogen and oxygen atoms in total. The minimum Gasteiger partial charge on any atom is -0.366 e. The van der Waals surface area contributed by atoms with Gasteiger partial charge in [0, 0.05) is 11.1 Å². The van der Waals surface area contributed by atoms with E-state index in [0.29, 0.717) is 5.56 Å². The van der Waals surface area contributed by atoms with Crippen molar-refractivity contribution in [3.63, 3.8) is 0 Å². The van der Waals surface area contributed by atoms with Gasteiger partial charge in [0.25, 0.3) is 10.0 Å². The molecular formula is C19H23N3O4S. The number of hydrogen-bond donors (Lipinski definition) is 3. The Bertz CT molecular complexity index is 989. The number of anilines is 1. The summed E-state index contributed by atoms with van der Waals surface area (Å²) in [5.74, 6) is -1.60. The van der Waals surface area contributed by atoms with Gasteiger partial charge in [-0.05, 0) is 47.7 Å². The highest BCUT2D eigenvalue weighted by Crippen LogP contribution is 2.28. The predicted molar refractivity (Wildman–Crippen MR) is 104 cm³/mol. The molecule has 0 fully saturated rings. The summed E-state index contributed by atoms with van der Waals surface area (Å²) in [7, 11) is -3.97. The third kappa shape index (κ3) is 4.65. The van der Waals surface area contributed by atoms with Crippen LogP contribution in [0.4, 0.5) is 5.69 Å². The maximum absolute atomic E-state index is 12.9. The Morgan fingerprint density at radius 1 is 0.926 bits per heavy atom. The van der Waals surface area contributed by atoms with Crippen molar-refractivity contribution in [2.45, 2.75) is 38.0 Å². The fourth-order valence-electron chi connectivity index (χ4n) is 2.54. The van der Waals surface area contributed by atoms with Gasteiger partial charge in [-0.1, -0.05) is 32.9 Å². The van der Waals surface area contributed by atoms with Crippen molar-refractivity contribution in [1.82, 2.24) is 0 Å². The van der Waals surface area contributed by atoms with Gasteiger partial charge in [0.05, 0.1) is 10.6 Å². The lowest BCUT2D eigenvalue weighted by Crippen LogP contribution is -2.19. The quantitative estimate of drug-likeness (QED) is 0.723. The Morgan fingerprint density at radius 3 is 1.89 bits per heavy atom. The number of carbonyl (C=O) groups is 2. The summed E-state index contributed by atoms with van der Waals surface area (Å²) in [4.78, 5) is 23.0. The Balaban J connectivity index is 2.54. The lowest BCUT2D eigenvalue weighted by Gasteiger charge is -2.21. The largest absolute Gasteiger partial charge is 0.366 e. The normalized spacial score (nSPS) is 11.9. The van der Waals surface area contributed by atoms with Gasteiger partial charge >= 0.3 is 0 Å². The Morgan fingerprint density at radius 2 is 1.44 bits per heavy atom. The van der Waals surface area contributed by atoms with Gasteiger partial charge in [0.1, 0.15) is 0 Å². The number of nitrogens with one attached hydrogen (secondary N) is 1. The number of sulfonamides is 1. The molecule has 2 aromatic carbocycles. The van der Waals surface area contributed by atoms with Crippen LogP contribution in [0.15, 0.2) is 41.3 Å². The summed E-state index contributed by atoms with van der Waals surface area (Å²) in [6.45, 7) is 7.64. The molecule has 0 aliphatic carbocycles. The molecule has 0 saturated carbocycles. The number of benzene rings is 2. The van der Waals surface area contributed by atoms with Crippen LogP contribution in [0.25, 0.3) is 0 Å². The molecule has 0 heterocycles. The zero-order chi connectivity index (χ0) is 20.6. The number of primary amides is 2. The second-order valence-corrected chi connectivity index (χ2v) is 9.01. The highest BCUT2D eigenvalue weighted by atomic mass is 32.2. The molecule has 0 aliphatic rings. The average molecular weight is 389 g/mol. The van der Waals surface area contributed by atoms with Crippen LogP contribution in [0.1, 0.15) is 52.6 Å². The van der Waals surface area contributed by atoms with Crippen molar-refractivity contribution in [3.8, 4) is 0 Å². The van der Waals surface area contributed by atoms with Gasteiger partial charge in [-0.15, -0.1) is 0 Å². The lowest BCUT2D eigenvalue weighted by molar-refractivity contribution is 0.0999. The van der Waals surface area contributed by atoms with E-state index in [1.165, 1.54) is 18.2 Å². The van der Waals surface area contributed by atoms with Crippen LogP contribution < -0.4 is 16.2 Å². The van der Waals surface area contributed by atoms with Gasteiger partial charge in [-0.25, -0.2) is 8.42 Å². The van der Waals surface area contributed by atoms with Gasteiger partial charge in [0.15, 0.2) is 0 Å². The molecule has 0 atom stereocenters. The first kappa shape index (κ1) is 20.4. The Hall–Kier alpha value is -2.87. The molecule has 0 spiro atoms. The topological polar surface area (TPSA) is 132 Å². The summed E-state index contributed by atoms with van der Waals surface area (Å²) in [6.07, 6.45) is 0. The molecule has 0 bridgehead atoms. The number of carbonyl (C=O) groups excluding carboxylic acids is 2. The van der Waals surface area contributed by atoms with Crippen LogP contribution in [-0.4, -0.2) is 20.2 Å². The molecule has 0 saturated heterocycles. The number of rotatable bonds is 5. The molecule has 0 radical (unpaired) electrons. The Labute approximate surface area is 158 Å². The number of amides is 2. The van der Waals surface area contributed by atoms with Crippen LogP contribution in [0.5, 0.6) is 0 Å². The van der Waals surface area contributed by atoms with Crippen LogP contribution >= 0.6 is 0 Å². The van der Waals surface area contributed by atoms with E-state index in [9.17, 15) is 18.0 Å². The molecule has 2 rings (SSSR count). The molecule has 5 N–H and O–H groups in total. The van der Waals surface area contributed by atoms with Gasteiger partial charge in [-0.3, -0.25) is 14.3 Å². The predicted octanol–water partition coefficient (Wildman–Crippen LogP) is 2.29. The molecule has 144 valence electrons. The molecule has 8 heteroatoms. The second kappa shape index (κ2) is 7.03. The molecule has 27 heavy (non-hydrogen) atoms. The smallest absolute Gasteiger partial charge is 0.262 e. The van der Waals surface area contributed by atoms with Crippen LogP contribution in [0.2, 0.25) is 0 Å². The standard InChI is InChI=1S/C19H23N3O4S/c1-11-5-6-14(19(2,3)4)10-16(11)27(25,26)22-15-8-12(17(20)23)7-13(9-15)18(21)24/h5-10,22H,1-4H3,(H2,20,23)(H2,21,24). The van der Waals surface area contributed by atoms with E-state index < -0.39 is 21.8 Å². The molecule has 0 aliphatic heterocycles. The third-order valence-corrected chi connectivity index (χ3v) is 5.62. The molecule has 0 unspecified atom stereocenters. The molecular weight excluding hydrogens is 366 g/mol. The first-order valence-electron chi connectivity index (χ1n) is 8.20. The SMILES string of the molecule is Cc1ccc(C(C)(C)C)cc1S(=O)(=O)Nc1cc(C(N)=O)cc(C(N)=O)c1. The highest BCUT2D eigenvalue weighted by Gasteiger charge is 2.22. The van der Waals surface area contributed by atoms with Crippen molar-refractivity contribution < 1.29 is 18.0 Å². The number of hydrogen-bond acceptors (Lipinski definition) is 4. The van der Waals surface area contributed by atoms with E-state index in [-0.39, 0.29) is 27.1 Å². The van der Waals surface area contributed by atoms with Gasteiger partial charge in [-0.2, -0.15) is 0 Å². The minimum absolute atomic E-state index is 0.0239. The average Bonchev–Trinajstić information content (AvgIpc) is 2.53. The summed E-state index contributed by atoms with van der Waals surface area (Å²) in [5.41, 5.74) is 11.7. The van der Waals surface area contributed by atoms with Crippen LogP contribution in [0.3, 0.4) is 0 Å². The third-order valence-electron chi connectivity index (χ3n) is 4.10. The maximum Gasteiger partial charge on any atom is 0.262 e. The summed E-state index contributed by atoms with van der Waals surface area (Å²) < 4.78 is 28.2. The van der Waals surface area contributed by atoms with E-state index in [2.05, 4.69) is 4.72 Å². The molecule has 0 aromatic heterocycles. The van der Waals surface area contributed by atoms with Gasteiger partial charge in [0.2, 0.25) is 11.8 Å². The fourth-order valence-corrected chi connectivity index (χ4v) is 3.85. The summed E-state index contributed by atoms with van der Waals surface area (Å²) in [6, 6.07) is 8.97. The van der Waals surface area contributed by atoms with Crippen molar-refractivity contribution in [1.29, 1.82) is 0 Å². The first-order chi connectivity index (χ1) is 12.3. The first-order valence-corrected chi connectivity index (χ1v) is 9.68. The second-order valence-electron chi connectivity index (χ2n) is 7.36. The van der Waals surface area contributed by atoms with Gasteiger partial charge < -0.3 is 11.5 Å². The van der Waals surface area contributed by atoms with E-state index >= 15 is 0 Å². The van der Waals surface area contributed by atoms with Crippen molar-refractivity contribution in [2.24, 2.45) is 11.5 Å². The lowest BCUT2D eigenvalue weighted by atomic mass is 9.87. The van der Waals surface area contributed by atoms with E-state index in [4.69, 9.17) is 11.5 Å². The van der Waals surface area contributed by atoms with E-state index in [1.807, 2.05) is 26.8 Å². The summed E-state index contributed by atoms with van der Waals surface area (Å²) >= 11 is 0. The van der Waals surface area contributed by atoms with Crippen molar-refractivity contribution >= 4 is 27.5 Å². The van der Waals surface area contributed by atoms with E-state index in [0.717, 1.165) is 5.56 Å². The highest BCUT2D eigenvalue weighted by molar-refractivity contribution is 7.92. The minimum atomic E-state index is -3.97. The zero-order valence-corrected chi connectivity index (χ0v) is 16.5. The number of aryl methyl sites for hydroxylation is 1. The van der Waals surface area contributed by atoms with E-state index in [1.54, 1.807) is 19.1 Å².